The molecule has 1 aromatic rings. The maximum absolute atomic E-state index is 6.09. The molecule has 0 spiro atoms. The predicted octanol–water partition coefficient (Wildman–Crippen LogP) is 3.28. The Balaban J connectivity index is 2.62. The number of ether oxygens (including phenoxy) is 1. The van der Waals surface area contributed by atoms with Gasteiger partial charge in [0.25, 0.3) is 0 Å². The van der Waals surface area contributed by atoms with Crippen LogP contribution < -0.4 is 10.5 Å². The van der Waals surface area contributed by atoms with Crippen LogP contribution in [-0.2, 0) is 0 Å². The average Bonchev–Trinajstić information content (AvgIpc) is 2.27. The zero-order valence-corrected chi connectivity index (χ0v) is 9.70. The number of unbranched alkanes of at least 4 members (excludes halogenated alkanes) is 1. The standard InChI is InChI=1S/C13H21NO/c1-3-5-9-13(14)11-7-6-8-12(10-11)15-4-2/h6-8,10,13H,3-5,9,14H2,1-2H3/t13-/m1/s1. The van der Waals surface area contributed by atoms with Gasteiger partial charge in [0.1, 0.15) is 5.75 Å². The van der Waals surface area contributed by atoms with Gasteiger partial charge >= 0.3 is 0 Å². The first-order valence-electron chi connectivity index (χ1n) is 5.76. The van der Waals surface area contributed by atoms with Gasteiger partial charge in [0.15, 0.2) is 0 Å². The molecule has 2 heteroatoms. The summed E-state index contributed by atoms with van der Waals surface area (Å²) in [6.07, 6.45) is 3.42. The Morgan fingerprint density at radius 2 is 2.13 bits per heavy atom. The van der Waals surface area contributed by atoms with Gasteiger partial charge in [-0.15, -0.1) is 0 Å². The highest BCUT2D eigenvalue weighted by Gasteiger charge is 2.05. The lowest BCUT2D eigenvalue weighted by atomic mass is 10.0. The fourth-order valence-electron chi connectivity index (χ4n) is 1.59. The van der Waals surface area contributed by atoms with E-state index in [1.807, 2.05) is 25.1 Å². The summed E-state index contributed by atoms with van der Waals surface area (Å²) in [5.74, 6) is 0.918. The van der Waals surface area contributed by atoms with Gasteiger partial charge in [-0.05, 0) is 31.0 Å². The highest BCUT2D eigenvalue weighted by molar-refractivity contribution is 5.30. The van der Waals surface area contributed by atoms with Gasteiger partial charge in [-0.25, -0.2) is 0 Å². The van der Waals surface area contributed by atoms with Crippen LogP contribution in [0.4, 0.5) is 0 Å². The van der Waals surface area contributed by atoms with Crippen LogP contribution in [-0.4, -0.2) is 6.61 Å². The number of rotatable bonds is 6. The zero-order chi connectivity index (χ0) is 11.1. The van der Waals surface area contributed by atoms with Crippen molar-refractivity contribution in [2.45, 2.75) is 39.2 Å². The van der Waals surface area contributed by atoms with Crippen LogP contribution in [0.15, 0.2) is 24.3 Å². The monoisotopic (exact) mass is 207 g/mol. The Morgan fingerprint density at radius 3 is 2.80 bits per heavy atom. The first kappa shape index (κ1) is 12.1. The first-order chi connectivity index (χ1) is 7.27. The molecule has 0 radical (unpaired) electrons. The minimum Gasteiger partial charge on any atom is -0.494 e. The molecule has 2 N–H and O–H groups in total. The summed E-state index contributed by atoms with van der Waals surface area (Å²) in [5.41, 5.74) is 7.27. The number of hydrogen-bond acceptors (Lipinski definition) is 2. The van der Waals surface area contributed by atoms with E-state index in [2.05, 4.69) is 13.0 Å². The third-order valence-corrected chi connectivity index (χ3v) is 2.47. The van der Waals surface area contributed by atoms with Gasteiger partial charge in [0.05, 0.1) is 6.61 Å². The Kier molecular flexibility index (Phi) is 5.19. The number of hydrogen-bond donors (Lipinski definition) is 1. The highest BCUT2D eigenvalue weighted by Crippen LogP contribution is 2.21. The maximum Gasteiger partial charge on any atom is 0.119 e. The van der Waals surface area contributed by atoms with Gasteiger partial charge in [-0.3, -0.25) is 0 Å². The molecule has 0 saturated heterocycles. The van der Waals surface area contributed by atoms with Crippen LogP contribution in [0.25, 0.3) is 0 Å². The lowest BCUT2D eigenvalue weighted by Gasteiger charge is -2.12. The SMILES string of the molecule is CCCC[C@@H](N)c1cccc(OCC)c1. The summed E-state index contributed by atoms with van der Waals surface area (Å²) in [5, 5.41) is 0. The molecule has 1 aromatic carbocycles. The van der Waals surface area contributed by atoms with E-state index in [1.165, 1.54) is 18.4 Å². The summed E-state index contributed by atoms with van der Waals surface area (Å²) in [7, 11) is 0. The fourth-order valence-corrected chi connectivity index (χ4v) is 1.59. The molecule has 0 unspecified atom stereocenters. The Morgan fingerprint density at radius 1 is 1.33 bits per heavy atom. The van der Waals surface area contributed by atoms with Crippen LogP contribution in [0.3, 0.4) is 0 Å². The molecule has 1 rings (SSSR count). The van der Waals surface area contributed by atoms with Gasteiger partial charge in [0, 0.05) is 6.04 Å². The van der Waals surface area contributed by atoms with E-state index in [1.54, 1.807) is 0 Å². The Bertz CT molecular complexity index is 286. The van der Waals surface area contributed by atoms with Gasteiger partial charge in [-0.2, -0.15) is 0 Å². The van der Waals surface area contributed by atoms with E-state index in [0.29, 0.717) is 6.61 Å². The van der Waals surface area contributed by atoms with Gasteiger partial charge in [0.2, 0.25) is 0 Å². The molecular formula is C13H21NO. The topological polar surface area (TPSA) is 35.2 Å². The smallest absolute Gasteiger partial charge is 0.119 e. The highest BCUT2D eigenvalue weighted by atomic mass is 16.5. The first-order valence-corrected chi connectivity index (χ1v) is 5.76. The number of nitrogens with two attached hydrogens (primary N) is 1. The second kappa shape index (κ2) is 6.46. The molecule has 15 heavy (non-hydrogen) atoms. The summed E-state index contributed by atoms with van der Waals surface area (Å²) in [6, 6.07) is 8.24. The van der Waals surface area contributed by atoms with Crippen LogP contribution in [0.5, 0.6) is 5.75 Å². The maximum atomic E-state index is 6.09. The van der Waals surface area contributed by atoms with E-state index in [-0.39, 0.29) is 6.04 Å². The normalized spacial score (nSPS) is 12.5. The molecular weight excluding hydrogens is 186 g/mol. The van der Waals surface area contributed by atoms with Gasteiger partial charge < -0.3 is 10.5 Å². The van der Waals surface area contributed by atoms with Crippen molar-refractivity contribution in [2.24, 2.45) is 5.73 Å². The molecule has 0 heterocycles. The minimum absolute atomic E-state index is 0.144. The van der Waals surface area contributed by atoms with Crippen molar-refractivity contribution in [3.63, 3.8) is 0 Å². The molecule has 0 aliphatic carbocycles. The second-order valence-corrected chi connectivity index (χ2v) is 3.75. The Hall–Kier alpha value is -1.02. The molecule has 0 aliphatic heterocycles. The molecule has 1 atom stereocenters. The molecule has 84 valence electrons. The van der Waals surface area contributed by atoms with Crippen molar-refractivity contribution in [3.05, 3.63) is 29.8 Å². The summed E-state index contributed by atoms with van der Waals surface area (Å²) < 4.78 is 5.45. The molecule has 0 aliphatic rings. The molecule has 0 aromatic heterocycles. The lowest BCUT2D eigenvalue weighted by Crippen LogP contribution is -2.10. The largest absolute Gasteiger partial charge is 0.494 e. The minimum atomic E-state index is 0.144. The second-order valence-electron chi connectivity index (χ2n) is 3.75. The lowest BCUT2D eigenvalue weighted by molar-refractivity contribution is 0.339. The summed E-state index contributed by atoms with van der Waals surface area (Å²) in [4.78, 5) is 0. The van der Waals surface area contributed by atoms with E-state index >= 15 is 0 Å². The van der Waals surface area contributed by atoms with Crippen molar-refractivity contribution < 1.29 is 4.74 Å². The average molecular weight is 207 g/mol. The van der Waals surface area contributed by atoms with E-state index in [9.17, 15) is 0 Å². The predicted molar refractivity (Wildman–Crippen MR) is 64.1 cm³/mol. The molecule has 2 nitrogen and oxygen atoms in total. The quantitative estimate of drug-likeness (QED) is 0.777. The van der Waals surface area contributed by atoms with Crippen molar-refractivity contribution in [1.82, 2.24) is 0 Å². The number of benzene rings is 1. The molecule has 0 fully saturated rings. The third-order valence-electron chi connectivity index (χ3n) is 2.47. The van der Waals surface area contributed by atoms with Crippen LogP contribution in [0.1, 0.15) is 44.7 Å². The molecule has 0 amide bonds. The van der Waals surface area contributed by atoms with Crippen molar-refractivity contribution in [3.8, 4) is 5.75 Å². The van der Waals surface area contributed by atoms with Crippen molar-refractivity contribution >= 4 is 0 Å². The Labute approximate surface area is 92.4 Å². The van der Waals surface area contributed by atoms with Crippen molar-refractivity contribution in [1.29, 1.82) is 0 Å². The fraction of sp³-hybridized carbons (Fsp3) is 0.538. The summed E-state index contributed by atoms with van der Waals surface area (Å²) >= 11 is 0. The van der Waals surface area contributed by atoms with Crippen LogP contribution in [0.2, 0.25) is 0 Å². The zero-order valence-electron chi connectivity index (χ0n) is 9.70. The summed E-state index contributed by atoms with van der Waals surface area (Å²) in [6.45, 7) is 4.88. The molecule has 0 bridgehead atoms. The van der Waals surface area contributed by atoms with E-state index in [4.69, 9.17) is 10.5 Å². The van der Waals surface area contributed by atoms with E-state index < -0.39 is 0 Å². The third kappa shape index (κ3) is 3.92. The van der Waals surface area contributed by atoms with Crippen molar-refractivity contribution in [2.75, 3.05) is 6.61 Å². The van der Waals surface area contributed by atoms with Crippen LogP contribution in [0, 0.1) is 0 Å². The van der Waals surface area contributed by atoms with E-state index in [0.717, 1.165) is 12.2 Å². The van der Waals surface area contributed by atoms with Crippen LogP contribution >= 0.6 is 0 Å². The van der Waals surface area contributed by atoms with Gasteiger partial charge in [-0.1, -0.05) is 31.9 Å². The molecule has 0 saturated carbocycles.